The van der Waals surface area contributed by atoms with Gasteiger partial charge < -0.3 is 9.47 Å². The molecule has 0 fully saturated rings. The quantitative estimate of drug-likeness (QED) is 0.268. The molecular formula is C24H24N2O3S. The lowest BCUT2D eigenvalue weighted by atomic mass is 10.2. The second-order valence-corrected chi connectivity index (χ2v) is 7.93. The van der Waals surface area contributed by atoms with Crippen LogP contribution in [0.3, 0.4) is 0 Å². The molecule has 0 aliphatic heterocycles. The third-order valence-electron chi connectivity index (χ3n) is 4.97. The Morgan fingerprint density at radius 2 is 1.93 bits per heavy atom. The van der Waals surface area contributed by atoms with Crippen LogP contribution in [0.4, 0.5) is 0 Å². The van der Waals surface area contributed by atoms with Gasteiger partial charge in [0, 0.05) is 29.1 Å². The van der Waals surface area contributed by atoms with E-state index in [0.29, 0.717) is 13.0 Å². The number of rotatable bonds is 8. The molecule has 4 aromatic rings. The van der Waals surface area contributed by atoms with Gasteiger partial charge in [-0.25, -0.2) is 4.98 Å². The van der Waals surface area contributed by atoms with Crippen LogP contribution < -0.4 is 4.74 Å². The summed E-state index contributed by atoms with van der Waals surface area (Å²) >= 11 is 1.66. The zero-order valence-corrected chi connectivity index (χ0v) is 17.9. The number of aryl methyl sites for hydroxylation is 1. The minimum absolute atomic E-state index is 0.181. The molecule has 4 rings (SSSR count). The van der Waals surface area contributed by atoms with E-state index in [-0.39, 0.29) is 5.97 Å². The number of hydrogen-bond acceptors (Lipinski definition) is 5. The lowest BCUT2D eigenvalue weighted by molar-refractivity contribution is -0.140. The van der Waals surface area contributed by atoms with Crippen LogP contribution in [0.15, 0.2) is 59.3 Å². The van der Waals surface area contributed by atoms with Crippen LogP contribution in [0.25, 0.3) is 28.1 Å². The smallest absolute Gasteiger partial charge is 0.305 e. The molecule has 154 valence electrons. The molecule has 2 heterocycles. The number of methoxy groups -OCH3 is 1. The lowest BCUT2D eigenvalue weighted by Gasteiger charge is -2.10. The Kier molecular flexibility index (Phi) is 6.14. The van der Waals surface area contributed by atoms with Crippen LogP contribution >= 0.6 is 11.3 Å². The summed E-state index contributed by atoms with van der Waals surface area (Å²) in [6.07, 6.45) is 1.96. The maximum absolute atomic E-state index is 11.2. The number of unbranched alkanes of at least 4 members (excludes halogenated alkanes) is 1. The van der Waals surface area contributed by atoms with Crippen molar-refractivity contribution < 1.29 is 14.3 Å². The summed E-state index contributed by atoms with van der Waals surface area (Å²) in [5, 5.41) is 4.18. The van der Waals surface area contributed by atoms with E-state index < -0.39 is 0 Å². The van der Waals surface area contributed by atoms with Gasteiger partial charge in [0.2, 0.25) is 0 Å². The first-order valence-electron chi connectivity index (χ1n) is 9.97. The SMILES string of the molecule is COC(=O)CCCCOc1ccc2nc(-c3ccsc3)n(-c3ccc(C)cc3)c2c1. The van der Waals surface area contributed by atoms with E-state index in [4.69, 9.17) is 9.72 Å². The van der Waals surface area contributed by atoms with E-state index in [0.717, 1.165) is 46.7 Å². The number of aromatic nitrogens is 2. The largest absolute Gasteiger partial charge is 0.494 e. The van der Waals surface area contributed by atoms with Crippen molar-refractivity contribution in [1.82, 2.24) is 9.55 Å². The molecule has 0 amide bonds. The van der Waals surface area contributed by atoms with Crippen LogP contribution in [0.2, 0.25) is 0 Å². The fourth-order valence-electron chi connectivity index (χ4n) is 3.35. The van der Waals surface area contributed by atoms with Gasteiger partial charge in [0.25, 0.3) is 0 Å². The minimum Gasteiger partial charge on any atom is -0.494 e. The summed E-state index contributed by atoms with van der Waals surface area (Å²) in [5.41, 5.74) is 5.32. The van der Waals surface area contributed by atoms with Crippen LogP contribution in [0.1, 0.15) is 24.8 Å². The fourth-order valence-corrected chi connectivity index (χ4v) is 3.98. The van der Waals surface area contributed by atoms with Gasteiger partial charge >= 0.3 is 5.97 Å². The zero-order valence-electron chi connectivity index (χ0n) is 17.1. The summed E-state index contributed by atoms with van der Waals surface area (Å²) in [6.45, 7) is 2.64. The summed E-state index contributed by atoms with van der Waals surface area (Å²) < 4.78 is 12.8. The third kappa shape index (κ3) is 4.39. The first-order valence-corrected chi connectivity index (χ1v) is 10.9. The molecule has 0 atom stereocenters. The van der Waals surface area contributed by atoms with Crippen molar-refractivity contribution in [2.24, 2.45) is 0 Å². The number of carbonyl (C=O) groups excluding carboxylic acids is 1. The van der Waals surface area contributed by atoms with Gasteiger partial charge in [0.05, 0.1) is 24.8 Å². The first-order chi connectivity index (χ1) is 14.7. The number of carbonyl (C=O) groups is 1. The molecule has 5 nitrogen and oxygen atoms in total. The minimum atomic E-state index is -0.181. The number of ether oxygens (including phenoxy) is 2. The molecule has 0 saturated heterocycles. The summed E-state index contributed by atoms with van der Waals surface area (Å²) in [4.78, 5) is 16.1. The van der Waals surface area contributed by atoms with Crippen LogP contribution in [-0.4, -0.2) is 29.2 Å². The number of hydrogen-bond donors (Lipinski definition) is 0. The highest BCUT2D eigenvalue weighted by molar-refractivity contribution is 7.08. The van der Waals surface area contributed by atoms with Crippen molar-refractivity contribution in [3.05, 3.63) is 64.9 Å². The first kappa shape index (κ1) is 20.2. The number of fused-ring (bicyclic) bond motifs is 1. The average Bonchev–Trinajstić information content (AvgIpc) is 3.41. The van der Waals surface area contributed by atoms with E-state index in [1.165, 1.54) is 12.7 Å². The molecule has 0 bridgehead atoms. The Hall–Kier alpha value is -3.12. The Morgan fingerprint density at radius 3 is 2.67 bits per heavy atom. The molecular weight excluding hydrogens is 396 g/mol. The molecule has 2 aromatic heterocycles. The molecule has 2 aromatic carbocycles. The molecule has 0 spiro atoms. The molecule has 6 heteroatoms. The van der Waals surface area contributed by atoms with E-state index in [2.05, 4.69) is 57.3 Å². The molecule has 0 aliphatic carbocycles. The molecule has 0 radical (unpaired) electrons. The number of imidazole rings is 1. The van der Waals surface area contributed by atoms with Gasteiger partial charge in [-0.15, -0.1) is 0 Å². The Balaban J connectivity index is 1.63. The maximum atomic E-state index is 11.2. The molecule has 0 aliphatic rings. The van der Waals surface area contributed by atoms with E-state index >= 15 is 0 Å². The molecule has 0 N–H and O–H groups in total. The second-order valence-electron chi connectivity index (χ2n) is 7.15. The predicted octanol–water partition coefficient (Wildman–Crippen LogP) is 5.78. The summed E-state index contributed by atoms with van der Waals surface area (Å²) in [7, 11) is 1.41. The van der Waals surface area contributed by atoms with Crippen molar-refractivity contribution in [1.29, 1.82) is 0 Å². The van der Waals surface area contributed by atoms with Crippen molar-refractivity contribution in [3.8, 4) is 22.8 Å². The van der Waals surface area contributed by atoms with E-state index in [1.54, 1.807) is 11.3 Å². The zero-order chi connectivity index (χ0) is 20.9. The number of benzene rings is 2. The van der Waals surface area contributed by atoms with Crippen molar-refractivity contribution in [2.45, 2.75) is 26.2 Å². The third-order valence-corrected chi connectivity index (χ3v) is 5.65. The van der Waals surface area contributed by atoms with Gasteiger partial charge in [-0.05, 0) is 55.5 Å². The van der Waals surface area contributed by atoms with Crippen LogP contribution in [-0.2, 0) is 9.53 Å². The molecule has 30 heavy (non-hydrogen) atoms. The highest BCUT2D eigenvalue weighted by Crippen LogP contribution is 2.32. The Bertz CT molecular complexity index is 1130. The van der Waals surface area contributed by atoms with Crippen molar-refractivity contribution >= 4 is 28.3 Å². The van der Waals surface area contributed by atoms with E-state index in [1.807, 2.05) is 18.2 Å². The molecule has 0 unspecified atom stereocenters. The average molecular weight is 421 g/mol. The second kappa shape index (κ2) is 9.13. The van der Waals surface area contributed by atoms with Crippen molar-refractivity contribution in [2.75, 3.05) is 13.7 Å². The highest BCUT2D eigenvalue weighted by Gasteiger charge is 2.15. The topological polar surface area (TPSA) is 53.4 Å². The van der Waals surface area contributed by atoms with Crippen molar-refractivity contribution in [3.63, 3.8) is 0 Å². The normalized spacial score (nSPS) is 11.0. The number of thiophene rings is 1. The van der Waals surface area contributed by atoms with E-state index in [9.17, 15) is 4.79 Å². The monoisotopic (exact) mass is 420 g/mol. The van der Waals surface area contributed by atoms with Gasteiger partial charge in [0.15, 0.2) is 0 Å². The lowest BCUT2D eigenvalue weighted by Crippen LogP contribution is -2.02. The highest BCUT2D eigenvalue weighted by atomic mass is 32.1. The fraction of sp³-hybridized carbons (Fsp3) is 0.250. The van der Waals surface area contributed by atoms with Gasteiger partial charge in [0.1, 0.15) is 11.6 Å². The predicted molar refractivity (Wildman–Crippen MR) is 120 cm³/mol. The van der Waals surface area contributed by atoms with Crippen LogP contribution in [0, 0.1) is 6.92 Å². The van der Waals surface area contributed by atoms with Gasteiger partial charge in [-0.3, -0.25) is 9.36 Å². The number of nitrogens with zero attached hydrogens (tertiary/aromatic N) is 2. The Morgan fingerprint density at radius 1 is 1.10 bits per heavy atom. The Labute approximate surface area is 179 Å². The summed E-state index contributed by atoms with van der Waals surface area (Å²) in [5.74, 6) is 1.54. The molecule has 0 saturated carbocycles. The number of esters is 1. The maximum Gasteiger partial charge on any atom is 0.305 e. The van der Waals surface area contributed by atoms with Crippen LogP contribution in [0.5, 0.6) is 5.75 Å². The van der Waals surface area contributed by atoms with Gasteiger partial charge in [-0.2, -0.15) is 11.3 Å². The van der Waals surface area contributed by atoms with Gasteiger partial charge in [-0.1, -0.05) is 17.7 Å². The standard InChI is InChI=1S/C24H24N2O3S/c1-17-6-8-19(9-7-17)26-22-15-20(29-13-4-3-5-23(27)28-2)10-11-21(22)25-24(26)18-12-14-30-16-18/h6-12,14-16H,3-5,13H2,1-2H3. The summed E-state index contributed by atoms with van der Waals surface area (Å²) in [6, 6.07) is 16.5.